The van der Waals surface area contributed by atoms with Gasteiger partial charge in [-0.3, -0.25) is 4.79 Å². The van der Waals surface area contributed by atoms with Crippen molar-refractivity contribution >= 4 is 28.4 Å². The normalized spacial score (nSPS) is 14.8. The summed E-state index contributed by atoms with van der Waals surface area (Å²) in [4.78, 5) is 16.3. The summed E-state index contributed by atoms with van der Waals surface area (Å²) in [5.74, 6) is -1.07. The average Bonchev–Trinajstić information content (AvgIpc) is 3.07. The fraction of sp³-hybridized carbons (Fsp3) is 0.0667. The summed E-state index contributed by atoms with van der Waals surface area (Å²) in [6.45, 7) is 0. The van der Waals surface area contributed by atoms with Gasteiger partial charge in [-0.15, -0.1) is 8.78 Å². The number of hydrogen-bond donors (Lipinski definition) is 2. The first kappa shape index (κ1) is 14.2. The van der Waals surface area contributed by atoms with Crippen LogP contribution in [0.5, 0.6) is 11.5 Å². The number of rotatable bonds is 2. The minimum Gasteiger partial charge on any atom is -0.443 e. The molecule has 0 atom stereocenters. The number of halogens is 2. The van der Waals surface area contributed by atoms with E-state index in [1.165, 1.54) is 6.39 Å². The van der Waals surface area contributed by atoms with E-state index in [1.54, 1.807) is 18.2 Å². The standard InChI is InChI=1S/C15H9F2N3O4/c16-15(17)23-12-4-8(9(18)5-13(12)24-15)14(21)20-7-1-2-11-10(3-7)19-6-22-11/h1-6H,18H2,(H,20,21). The van der Waals surface area contributed by atoms with E-state index in [0.717, 1.165) is 12.1 Å². The molecule has 0 unspecified atom stereocenters. The number of aromatic nitrogens is 1. The molecule has 122 valence electrons. The molecule has 3 aromatic rings. The van der Waals surface area contributed by atoms with Crippen molar-refractivity contribution < 1.29 is 27.5 Å². The average molecular weight is 333 g/mol. The van der Waals surface area contributed by atoms with Gasteiger partial charge in [-0.25, -0.2) is 4.98 Å². The molecule has 9 heteroatoms. The van der Waals surface area contributed by atoms with Crippen molar-refractivity contribution in [1.82, 2.24) is 4.98 Å². The SMILES string of the molecule is Nc1cc2c(cc1C(=O)Nc1ccc3ocnc3c1)OC(F)(F)O2. The van der Waals surface area contributed by atoms with Crippen molar-refractivity contribution in [1.29, 1.82) is 0 Å². The second-order valence-corrected chi connectivity index (χ2v) is 5.04. The molecule has 1 aromatic heterocycles. The minimum absolute atomic E-state index is 0.0182. The van der Waals surface area contributed by atoms with Gasteiger partial charge >= 0.3 is 6.29 Å². The molecular weight excluding hydrogens is 324 g/mol. The smallest absolute Gasteiger partial charge is 0.443 e. The van der Waals surface area contributed by atoms with E-state index in [-0.39, 0.29) is 22.7 Å². The number of amides is 1. The maximum atomic E-state index is 13.1. The highest BCUT2D eigenvalue weighted by Crippen LogP contribution is 2.43. The third-order valence-electron chi connectivity index (χ3n) is 3.41. The fourth-order valence-corrected chi connectivity index (χ4v) is 2.34. The van der Waals surface area contributed by atoms with E-state index < -0.39 is 12.2 Å². The highest BCUT2D eigenvalue weighted by Gasteiger charge is 2.44. The first-order valence-electron chi connectivity index (χ1n) is 6.75. The molecule has 24 heavy (non-hydrogen) atoms. The van der Waals surface area contributed by atoms with Gasteiger partial charge in [0.15, 0.2) is 23.5 Å². The van der Waals surface area contributed by atoms with Crippen LogP contribution in [0.1, 0.15) is 10.4 Å². The van der Waals surface area contributed by atoms with Crippen LogP contribution in [0.15, 0.2) is 41.1 Å². The number of fused-ring (bicyclic) bond motifs is 2. The molecule has 0 saturated heterocycles. The molecule has 0 radical (unpaired) electrons. The summed E-state index contributed by atoms with van der Waals surface area (Å²) in [6.07, 6.45) is -2.49. The first-order valence-corrected chi connectivity index (χ1v) is 6.75. The summed E-state index contributed by atoms with van der Waals surface area (Å²) in [6, 6.07) is 7.08. The van der Waals surface area contributed by atoms with Crippen molar-refractivity contribution in [2.75, 3.05) is 11.1 Å². The topological polar surface area (TPSA) is 99.6 Å². The second kappa shape index (κ2) is 4.82. The van der Waals surface area contributed by atoms with Gasteiger partial charge in [-0.2, -0.15) is 0 Å². The van der Waals surface area contributed by atoms with Gasteiger partial charge in [-0.05, 0) is 24.3 Å². The predicted octanol–water partition coefficient (Wildman–Crippen LogP) is 2.98. The molecule has 0 saturated carbocycles. The third-order valence-corrected chi connectivity index (χ3v) is 3.41. The lowest BCUT2D eigenvalue weighted by atomic mass is 10.1. The van der Waals surface area contributed by atoms with E-state index in [2.05, 4.69) is 19.8 Å². The van der Waals surface area contributed by atoms with Crippen molar-refractivity contribution in [3.05, 3.63) is 42.3 Å². The lowest BCUT2D eigenvalue weighted by Gasteiger charge is -2.08. The Balaban J connectivity index is 1.63. The molecular formula is C15H9F2N3O4. The van der Waals surface area contributed by atoms with Crippen LogP contribution in [0.3, 0.4) is 0 Å². The Bertz CT molecular complexity index is 971. The van der Waals surface area contributed by atoms with Crippen LogP contribution < -0.4 is 20.5 Å². The number of benzene rings is 2. The summed E-state index contributed by atoms with van der Waals surface area (Å²) in [5, 5.41) is 2.61. The van der Waals surface area contributed by atoms with Crippen molar-refractivity contribution in [2.24, 2.45) is 0 Å². The Kier molecular flexibility index (Phi) is 2.86. The van der Waals surface area contributed by atoms with Gasteiger partial charge in [0.2, 0.25) is 0 Å². The van der Waals surface area contributed by atoms with Gasteiger partial charge in [0.05, 0.1) is 5.56 Å². The maximum Gasteiger partial charge on any atom is 0.586 e. The lowest BCUT2D eigenvalue weighted by Crippen LogP contribution is -2.25. The molecule has 7 nitrogen and oxygen atoms in total. The molecule has 1 amide bonds. The maximum absolute atomic E-state index is 13.1. The van der Waals surface area contributed by atoms with Crippen LogP contribution in [0.2, 0.25) is 0 Å². The van der Waals surface area contributed by atoms with Crippen LogP contribution in [-0.4, -0.2) is 17.2 Å². The van der Waals surface area contributed by atoms with Crippen LogP contribution in [0.4, 0.5) is 20.2 Å². The zero-order chi connectivity index (χ0) is 16.9. The third kappa shape index (κ3) is 2.35. The Morgan fingerprint density at radius 3 is 2.71 bits per heavy atom. The van der Waals surface area contributed by atoms with Crippen LogP contribution >= 0.6 is 0 Å². The molecule has 2 aromatic carbocycles. The monoisotopic (exact) mass is 333 g/mol. The molecule has 1 aliphatic rings. The lowest BCUT2D eigenvalue weighted by molar-refractivity contribution is -0.286. The number of oxazole rings is 1. The number of carbonyl (C=O) groups is 1. The Labute approximate surface area is 133 Å². The van der Waals surface area contributed by atoms with E-state index >= 15 is 0 Å². The van der Waals surface area contributed by atoms with Gasteiger partial charge in [0.1, 0.15) is 5.52 Å². The van der Waals surface area contributed by atoms with Crippen LogP contribution in [-0.2, 0) is 0 Å². The summed E-state index contributed by atoms with van der Waals surface area (Å²) < 4.78 is 39.8. The van der Waals surface area contributed by atoms with Crippen molar-refractivity contribution in [3.8, 4) is 11.5 Å². The first-order chi connectivity index (χ1) is 11.4. The number of alkyl halides is 2. The molecule has 3 N–H and O–H groups in total. The highest BCUT2D eigenvalue weighted by molar-refractivity contribution is 6.08. The summed E-state index contributed by atoms with van der Waals surface area (Å²) in [5.41, 5.74) is 7.28. The number of carbonyl (C=O) groups excluding carboxylic acids is 1. The molecule has 0 fully saturated rings. The van der Waals surface area contributed by atoms with Crippen LogP contribution in [0.25, 0.3) is 11.1 Å². The zero-order valence-electron chi connectivity index (χ0n) is 11.9. The number of nitrogens with zero attached hydrogens (tertiary/aromatic N) is 1. The number of ether oxygens (including phenoxy) is 2. The van der Waals surface area contributed by atoms with E-state index in [0.29, 0.717) is 16.8 Å². The highest BCUT2D eigenvalue weighted by atomic mass is 19.3. The van der Waals surface area contributed by atoms with E-state index in [9.17, 15) is 13.6 Å². The van der Waals surface area contributed by atoms with Crippen LogP contribution in [0, 0.1) is 0 Å². The van der Waals surface area contributed by atoms with Crippen molar-refractivity contribution in [2.45, 2.75) is 6.29 Å². The number of nitrogens with one attached hydrogen (secondary N) is 1. The number of nitrogen functional groups attached to an aromatic ring is 1. The van der Waals surface area contributed by atoms with Gasteiger partial charge in [0, 0.05) is 17.4 Å². The quantitative estimate of drug-likeness (QED) is 0.699. The zero-order valence-corrected chi connectivity index (χ0v) is 11.9. The van der Waals surface area contributed by atoms with E-state index in [1.807, 2.05) is 0 Å². The Hall–Kier alpha value is -3.36. The molecule has 0 aliphatic carbocycles. The van der Waals surface area contributed by atoms with Crippen molar-refractivity contribution in [3.63, 3.8) is 0 Å². The van der Waals surface area contributed by atoms with Gasteiger partial charge < -0.3 is 24.9 Å². The molecule has 2 heterocycles. The molecule has 0 bridgehead atoms. The van der Waals surface area contributed by atoms with Gasteiger partial charge in [-0.1, -0.05) is 0 Å². The molecule has 1 aliphatic heterocycles. The second-order valence-electron chi connectivity index (χ2n) is 5.04. The molecule has 0 spiro atoms. The number of anilines is 2. The number of nitrogens with two attached hydrogens (primary N) is 1. The van der Waals surface area contributed by atoms with E-state index in [4.69, 9.17) is 10.2 Å². The molecule has 4 rings (SSSR count). The summed E-state index contributed by atoms with van der Waals surface area (Å²) >= 11 is 0. The van der Waals surface area contributed by atoms with Gasteiger partial charge in [0.25, 0.3) is 5.91 Å². The fourth-order valence-electron chi connectivity index (χ4n) is 2.34. The minimum atomic E-state index is -3.78. The summed E-state index contributed by atoms with van der Waals surface area (Å²) in [7, 11) is 0. The predicted molar refractivity (Wildman–Crippen MR) is 79.0 cm³/mol. The number of hydrogen-bond acceptors (Lipinski definition) is 6. The largest absolute Gasteiger partial charge is 0.586 e. The Morgan fingerprint density at radius 1 is 1.17 bits per heavy atom. The Morgan fingerprint density at radius 2 is 1.92 bits per heavy atom.